The molecule has 0 fully saturated rings. The molecule has 29 heavy (non-hydrogen) atoms. The van der Waals surface area contributed by atoms with E-state index in [0.29, 0.717) is 11.3 Å². The van der Waals surface area contributed by atoms with Gasteiger partial charge in [-0.2, -0.15) is 0 Å². The molecule has 0 aliphatic heterocycles. The molecular formula is C24H25N3OS. The first kappa shape index (κ1) is 22.0. The van der Waals surface area contributed by atoms with Gasteiger partial charge in [0.05, 0.1) is 21.9 Å². The van der Waals surface area contributed by atoms with Crippen molar-refractivity contribution in [1.82, 2.24) is 10.3 Å². The van der Waals surface area contributed by atoms with Crippen LogP contribution in [0.5, 0.6) is 0 Å². The first-order chi connectivity index (χ1) is 14.1. The molecule has 3 N–H and O–H groups in total. The van der Waals surface area contributed by atoms with Gasteiger partial charge in [-0.1, -0.05) is 61.7 Å². The molecule has 0 amide bonds. The maximum absolute atomic E-state index is 10.6. The van der Waals surface area contributed by atoms with E-state index in [-0.39, 0.29) is 0 Å². The minimum absolute atomic E-state index is 0.618. The van der Waals surface area contributed by atoms with Gasteiger partial charge < -0.3 is 11.1 Å². The number of thioether (sulfide) groups is 1. The summed E-state index contributed by atoms with van der Waals surface area (Å²) in [6.07, 6.45) is 4.09. The van der Waals surface area contributed by atoms with Crippen molar-refractivity contribution in [3.05, 3.63) is 108 Å². The SMILES string of the molecule is C=C/C(N)=C(\C=C)NC.O=Cc1ccc(CSc2ccc3ccccc3n2)cc1. The van der Waals surface area contributed by atoms with Crippen molar-refractivity contribution in [3.63, 3.8) is 0 Å². The van der Waals surface area contributed by atoms with E-state index in [1.165, 1.54) is 5.56 Å². The van der Waals surface area contributed by atoms with Crippen LogP contribution in [-0.4, -0.2) is 18.3 Å². The molecule has 0 aliphatic carbocycles. The van der Waals surface area contributed by atoms with Crippen molar-refractivity contribution in [3.8, 4) is 0 Å². The van der Waals surface area contributed by atoms with Gasteiger partial charge in [-0.15, -0.1) is 11.8 Å². The highest BCUT2D eigenvalue weighted by Gasteiger charge is 2.00. The van der Waals surface area contributed by atoms with Crippen LogP contribution in [0.4, 0.5) is 0 Å². The van der Waals surface area contributed by atoms with Crippen LogP contribution >= 0.6 is 11.8 Å². The van der Waals surface area contributed by atoms with Gasteiger partial charge in [-0.25, -0.2) is 4.98 Å². The number of nitrogens with one attached hydrogen (secondary N) is 1. The molecule has 2 aromatic carbocycles. The number of benzene rings is 2. The van der Waals surface area contributed by atoms with E-state index < -0.39 is 0 Å². The summed E-state index contributed by atoms with van der Waals surface area (Å²) in [5.41, 5.74) is 9.82. The van der Waals surface area contributed by atoms with E-state index in [2.05, 4.69) is 35.6 Å². The summed E-state index contributed by atoms with van der Waals surface area (Å²) in [5, 5.41) is 5.04. The standard InChI is InChI=1S/C17H13NOS.C7H12N2/c19-11-13-5-7-14(8-6-13)12-20-17-10-9-15-3-1-2-4-16(15)18-17;1-4-6(8)7(5-2)9-3/h1-11H,12H2;4-5,9H,1-2,8H2,3H3/b;7-6-. The zero-order valence-electron chi connectivity index (χ0n) is 16.5. The number of likely N-dealkylation sites (N-methyl/N-ethyl adjacent to an activating group) is 1. The highest BCUT2D eigenvalue weighted by Crippen LogP contribution is 2.23. The fraction of sp³-hybridized carbons (Fsp3) is 0.0833. The number of carbonyl (C=O) groups is 1. The molecule has 5 heteroatoms. The Kier molecular flexibility index (Phi) is 8.73. The molecule has 0 saturated carbocycles. The average molecular weight is 404 g/mol. The number of para-hydroxylation sites is 1. The number of aromatic nitrogens is 1. The van der Waals surface area contributed by atoms with Crippen LogP contribution in [0.2, 0.25) is 0 Å². The lowest BCUT2D eigenvalue weighted by Crippen LogP contribution is -2.10. The van der Waals surface area contributed by atoms with Crippen LogP contribution in [-0.2, 0) is 5.75 Å². The Hall–Kier alpha value is -3.31. The van der Waals surface area contributed by atoms with E-state index in [0.717, 1.165) is 33.7 Å². The van der Waals surface area contributed by atoms with Crippen molar-refractivity contribution < 1.29 is 4.79 Å². The summed E-state index contributed by atoms with van der Waals surface area (Å²) in [6, 6.07) is 19.9. The zero-order chi connectivity index (χ0) is 21.1. The Bertz CT molecular complexity index is 1010. The number of pyridine rings is 1. The number of hydrogen-bond donors (Lipinski definition) is 2. The molecule has 3 rings (SSSR count). The Morgan fingerprint density at radius 2 is 1.79 bits per heavy atom. The molecule has 0 bridgehead atoms. The zero-order valence-corrected chi connectivity index (χ0v) is 17.3. The molecule has 1 heterocycles. The normalized spacial score (nSPS) is 10.9. The number of carbonyl (C=O) groups excluding carboxylic acids is 1. The number of rotatable bonds is 7. The van der Waals surface area contributed by atoms with Gasteiger partial charge in [0.25, 0.3) is 0 Å². The predicted molar refractivity (Wildman–Crippen MR) is 124 cm³/mol. The molecular weight excluding hydrogens is 378 g/mol. The lowest BCUT2D eigenvalue weighted by atomic mass is 10.2. The van der Waals surface area contributed by atoms with Crippen molar-refractivity contribution in [1.29, 1.82) is 0 Å². The smallest absolute Gasteiger partial charge is 0.150 e. The second-order valence-electron chi connectivity index (χ2n) is 6.02. The fourth-order valence-corrected chi connectivity index (χ4v) is 3.29. The number of allylic oxidation sites excluding steroid dienone is 2. The van der Waals surface area contributed by atoms with Crippen LogP contribution in [0.1, 0.15) is 15.9 Å². The Labute approximate surface area is 176 Å². The summed E-state index contributed by atoms with van der Waals surface area (Å²) < 4.78 is 0. The summed E-state index contributed by atoms with van der Waals surface area (Å²) in [4.78, 5) is 15.2. The minimum atomic E-state index is 0.618. The molecule has 0 saturated heterocycles. The first-order valence-corrected chi connectivity index (χ1v) is 10.0. The van der Waals surface area contributed by atoms with Crippen molar-refractivity contribution in [2.75, 3.05) is 7.05 Å². The monoisotopic (exact) mass is 403 g/mol. The Balaban J connectivity index is 0.000000284. The van der Waals surface area contributed by atoms with E-state index in [4.69, 9.17) is 5.73 Å². The summed E-state index contributed by atoms with van der Waals surface area (Å²) in [7, 11) is 1.79. The number of fused-ring (bicyclic) bond motifs is 1. The maximum atomic E-state index is 10.6. The highest BCUT2D eigenvalue weighted by atomic mass is 32.2. The van der Waals surface area contributed by atoms with Gasteiger partial charge in [0.1, 0.15) is 6.29 Å². The fourth-order valence-electron chi connectivity index (χ4n) is 2.45. The van der Waals surface area contributed by atoms with Crippen LogP contribution in [0.3, 0.4) is 0 Å². The topological polar surface area (TPSA) is 68.0 Å². The quantitative estimate of drug-likeness (QED) is 0.327. The minimum Gasteiger partial charge on any atom is -0.397 e. The molecule has 0 spiro atoms. The third kappa shape index (κ3) is 6.66. The van der Waals surface area contributed by atoms with E-state index >= 15 is 0 Å². The lowest BCUT2D eigenvalue weighted by Gasteiger charge is -2.03. The van der Waals surface area contributed by atoms with Gasteiger partial charge >= 0.3 is 0 Å². The van der Waals surface area contributed by atoms with Crippen LogP contribution in [0.25, 0.3) is 10.9 Å². The number of hydrogen-bond acceptors (Lipinski definition) is 5. The van der Waals surface area contributed by atoms with Crippen LogP contribution in [0, 0.1) is 0 Å². The molecule has 148 valence electrons. The van der Waals surface area contributed by atoms with E-state index in [9.17, 15) is 4.79 Å². The highest BCUT2D eigenvalue weighted by molar-refractivity contribution is 7.98. The second-order valence-corrected chi connectivity index (χ2v) is 7.01. The molecule has 4 nitrogen and oxygen atoms in total. The van der Waals surface area contributed by atoms with Gasteiger partial charge in [-0.05, 0) is 29.8 Å². The van der Waals surface area contributed by atoms with Gasteiger partial charge in [-0.3, -0.25) is 4.79 Å². The summed E-state index contributed by atoms with van der Waals surface area (Å²) in [5.74, 6) is 0.852. The predicted octanol–water partition coefficient (Wildman–Crippen LogP) is 5.09. The second kappa shape index (κ2) is 11.5. The lowest BCUT2D eigenvalue weighted by molar-refractivity contribution is 0.112. The van der Waals surface area contributed by atoms with Crippen molar-refractivity contribution in [2.24, 2.45) is 5.73 Å². The van der Waals surface area contributed by atoms with Gasteiger partial charge in [0.15, 0.2) is 0 Å². The number of nitrogens with zero attached hydrogens (tertiary/aromatic N) is 1. The molecule has 1 aromatic heterocycles. The molecule has 0 unspecified atom stereocenters. The van der Waals surface area contributed by atoms with Crippen molar-refractivity contribution in [2.45, 2.75) is 10.8 Å². The largest absolute Gasteiger partial charge is 0.397 e. The Morgan fingerprint density at radius 1 is 1.07 bits per heavy atom. The average Bonchev–Trinajstić information content (AvgIpc) is 2.79. The van der Waals surface area contributed by atoms with E-state index in [1.54, 1.807) is 31.0 Å². The van der Waals surface area contributed by atoms with Gasteiger partial charge in [0, 0.05) is 23.8 Å². The number of nitrogens with two attached hydrogens (primary N) is 1. The van der Waals surface area contributed by atoms with Crippen LogP contribution in [0.15, 0.2) is 102 Å². The van der Waals surface area contributed by atoms with Crippen molar-refractivity contribution >= 4 is 29.0 Å². The van der Waals surface area contributed by atoms with Gasteiger partial charge in [0.2, 0.25) is 0 Å². The molecule has 0 aliphatic rings. The molecule has 3 aromatic rings. The first-order valence-electron chi connectivity index (χ1n) is 9.06. The third-order valence-electron chi connectivity index (χ3n) is 4.08. The van der Waals surface area contributed by atoms with E-state index in [1.807, 2.05) is 48.5 Å². The number of aldehydes is 1. The maximum Gasteiger partial charge on any atom is 0.150 e. The summed E-state index contributed by atoms with van der Waals surface area (Å²) >= 11 is 1.70. The summed E-state index contributed by atoms with van der Waals surface area (Å²) in [6.45, 7) is 7.06. The molecule has 0 radical (unpaired) electrons. The molecule has 0 atom stereocenters. The Morgan fingerprint density at radius 3 is 2.38 bits per heavy atom. The third-order valence-corrected chi connectivity index (χ3v) is 5.08. The van der Waals surface area contributed by atoms with Crippen LogP contribution < -0.4 is 11.1 Å².